The topological polar surface area (TPSA) is 81.7 Å². The average Bonchev–Trinajstić information content (AvgIpc) is 2.55. The normalized spacial score (nSPS) is 18.1. The van der Waals surface area contributed by atoms with Crippen molar-refractivity contribution in [3.05, 3.63) is 0 Å². The van der Waals surface area contributed by atoms with E-state index in [-0.39, 0.29) is 12.5 Å². The summed E-state index contributed by atoms with van der Waals surface area (Å²) in [4.78, 5) is 24.7. The highest BCUT2D eigenvalue weighted by Gasteiger charge is 2.27. The number of carboxylic acids is 1. The molecular formula is C12H23N3O3. The second kappa shape index (κ2) is 6.70. The molecule has 1 fully saturated rings. The van der Waals surface area contributed by atoms with Crippen LogP contribution in [-0.2, 0) is 9.59 Å². The largest absolute Gasteiger partial charge is 0.481 e. The molecule has 1 saturated heterocycles. The minimum absolute atomic E-state index is 0.105. The van der Waals surface area contributed by atoms with E-state index >= 15 is 0 Å². The van der Waals surface area contributed by atoms with Crippen molar-refractivity contribution in [2.45, 2.75) is 20.3 Å². The summed E-state index contributed by atoms with van der Waals surface area (Å²) in [5.41, 5.74) is -0.921. The molecule has 0 saturated carbocycles. The first-order valence-electron chi connectivity index (χ1n) is 6.35. The third kappa shape index (κ3) is 5.01. The Labute approximate surface area is 108 Å². The van der Waals surface area contributed by atoms with Crippen molar-refractivity contribution >= 4 is 11.9 Å². The van der Waals surface area contributed by atoms with Gasteiger partial charge in [-0.1, -0.05) is 0 Å². The molecule has 6 nitrogen and oxygen atoms in total. The molecule has 3 N–H and O–H groups in total. The molecule has 1 heterocycles. The van der Waals surface area contributed by atoms with E-state index in [9.17, 15) is 9.59 Å². The predicted molar refractivity (Wildman–Crippen MR) is 68.4 cm³/mol. The van der Waals surface area contributed by atoms with Gasteiger partial charge in [0.15, 0.2) is 0 Å². The van der Waals surface area contributed by atoms with E-state index in [1.165, 1.54) is 0 Å². The van der Waals surface area contributed by atoms with Crippen LogP contribution in [0.5, 0.6) is 0 Å². The minimum atomic E-state index is -0.921. The zero-order valence-electron chi connectivity index (χ0n) is 11.2. The number of nitrogens with zero attached hydrogens (tertiary/aromatic N) is 1. The third-order valence-electron chi connectivity index (χ3n) is 3.11. The van der Waals surface area contributed by atoms with Gasteiger partial charge in [-0.05, 0) is 33.4 Å². The highest BCUT2D eigenvalue weighted by molar-refractivity contribution is 5.80. The zero-order valence-corrected chi connectivity index (χ0v) is 11.2. The van der Waals surface area contributed by atoms with E-state index in [1.54, 1.807) is 13.8 Å². The summed E-state index contributed by atoms with van der Waals surface area (Å²) in [6, 6.07) is 0. The summed E-state index contributed by atoms with van der Waals surface area (Å²) < 4.78 is 0. The van der Waals surface area contributed by atoms with Gasteiger partial charge in [0, 0.05) is 19.6 Å². The molecule has 1 aliphatic heterocycles. The van der Waals surface area contributed by atoms with Crippen LogP contribution in [0, 0.1) is 5.41 Å². The van der Waals surface area contributed by atoms with Crippen molar-refractivity contribution < 1.29 is 14.7 Å². The first kappa shape index (κ1) is 14.9. The number of rotatable bonds is 5. The highest BCUT2D eigenvalue weighted by Crippen LogP contribution is 2.12. The standard InChI is InChI=1S/C12H23N3O3/c1-12(2,11(17)18)9-14-10(16)8-15-6-3-4-13-5-7-15/h13H,3-9H2,1-2H3,(H,14,16)(H,17,18). The van der Waals surface area contributed by atoms with Gasteiger partial charge in [-0.25, -0.2) is 0 Å². The van der Waals surface area contributed by atoms with Crippen LogP contribution in [0.25, 0.3) is 0 Å². The fourth-order valence-corrected chi connectivity index (χ4v) is 1.71. The summed E-state index contributed by atoms with van der Waals surface area (Å²) in [6.07, 6.45) is 1.04. The quantitative estimate of drug-likeness (QED) is 0.619. The number of aliphatic carboxylic acids is 1. The van der Waals surface area contributed by atoms with Gasteiger partial charge in [0.2, 0.25) is 5.91 Å². The summed E-state index contributed by atoms with van der Waals surface area (Å²) in [5.74, 6) is -1.01. The van der Waals surface area contributed by atoms with E-state index in [2.05, 4.69) is 15.5 Å². The monoisotopic (exact) mass is 257 g/mol. The van der Waals surface area contributed by atoms with E-state index in [0.717, 1.165) is 32.6 Å². The van der Waals surface area contributed by atoms with E-state index < -0.39 is 11.4 Å². The molecule has 0 spiro atoms. The molecule has 0 atom stereocenters. The van der Waals surface area contributed by atoms with Crippen LogP contribution in [0.1, 0.15) is 20.3 Å². The van der Waals surface area contributed by atoms with Crippen LogP contribution in [0.4, 0.5) is 0 Å². The summed E-state index contributed by atoms with van der Waals surface area (Å²) >= 11 is 0. The lowest BCUT2D eigenvalue weighted by atomic mass is 9.94. The molecule has 1 amide bonds. The Morgan fingerprint density at radius 1 is 1.33 bits per heavy atom. The van der Waals surface area contributed by atoms with Crippen molar-refractivity contribution in [2.75, 3.05) is 39.3 Å². The maximum atomic E-state index is 11.7. The second-order valence-corrected chi connectivity index (χ2v) is 5.35. The van der Waals surface area contributed by atoms with Crippen molar-refractivity contribution in [1.82, 2.24) is 15.5 Å². The fraction of sp³-hybridized carbons (Fsp3) is 0.833. The molecule has 18 heavy (non-hydrogen) atoms. The molecule has 0 aromatic carbocycles. The van der Waals surface area contributed by atoms with E-state index in [0.29, 0.717) is 6.54 Å². The molecule has 0 unspecified atom stereocenters. The van der Waals surface area contributed by atoms with Crippen molar-refractivity contribution in [3.8, 4) is 0 Å². The molecule has 1 aliphatic rings. The molecule has 1 rings (SSSR count). The molecule has 0 aliphatic carbocycles. The lowest BCUT2D eigenvalue weighted by Crippen LogP contribution is -2.44. The Balaban J connectivity index is 2.30. The van der Waals surface area contributed by atoms with Gasteiger partial charge in [-0.2, -0.15) is 0 Å². The van der Waals surface area contributed by atoms with Gasteiger partial charge < -0.3 is 15.7 Å². The van der Waals surface area contributed by atoms with Gasteiger partial charge in [0.1, 0.15) is 0 Å². The molecule has 0 radical (unpaired) electrons. The number of carbonyl (C=O) groups excluding carboxylic acids is 1. The van der Waals surface area contributed by atoms with Crippen molar-refractivity contribution in [2.24, 2.45) is 5.41 Å². The predicted octanol–water partition coefficient (Wildman–Crippen LogP) is -0.491. The first-order chi connectivity index (χ1) is 8.42. The van der Waals surface area contributed by atoms with E-state index in [4.69, 9.17) is 5.11 Å². The molecule has 0 bridgehead atoms. The Morgan fingerprint density at radius 3 is 2.72 bits per heavy atom. The maximum Gasteiger partial charge on any atom is 0.310 e. The Bertz CT molecular complexity index is 297. The van der Waals surface area contributed by atoms with Crippen LogP contribution in [0.15, 0.2) is 0 Å². The summed E-state index contributed by atoms with van der Waals surface area (Å²) in [5, 5.41) is 14.9. The molecular weight excluding hydrogens is 234 g/mol. The molecule has 104 valence electrons. The maximum absolute atomic E-state index is 11.7. The van der Waals surface area contributed by atoms with Gasteiger partial charge in [-0.15, -0.1) is 0 Å². The molecule has 6 heteroatoms. The molecule has 0 aromatic rings. The van der Waals surface area contributed by atoms with Crippen LogP contribution >= 0.6 is 0 Å². The third-order valence-corrected chi connectivity index (χ3v) is 3.11. The van der Waals surface area contributed by atoms with Gasteiger partial charge in [0.25, 0.3) is 0 Å². The summed E-state index contributed by atoms with van der Waals surface area (Å²) in [7, 11) is 0. The van der Waals surface area contributed by atoms with Crippen LogP contribution in [0.2, 0.25) is 0 Å². The van der Waals surface area contributed by atoms with Crippen molar-refractivity contribution in [3.63, 3.8) is 0 Å². The Kier molecular flexibility index (Phi) is 5.55. The average molecular weight is 257 g/mol. The van der Waals surface area contributed by atoms with Crippen molar-refractivity contribution in [1.29, 1.82) is 0 Å². The number of nitrogens with one attached hydrogen (secondary N) is 2. The van der Waals surface area contributed by atoms with Crippen LogP contribution in [-0.4, -0.2) is 61.2 Å². The lowest BCUT2D eigenvalue weighted by Gasteiger charge is -2.22. The minimum Gasteiger partial charge on any atom is -0.481 e. The fourth-order valence-electron chi connectivity index (χ4n) is 1.71. The van der Waals surface area contributed by atoms with Crippen LogP contribution in [0.3, 0.4) is 0 Å². The number of carbonyl (C=O) groups is 2. The number of hydrogen-bond acceptors (Lipinski definition) is 4. The molecule has 0 aromatic heterocycles. The smallest absolute Gasteiger partial charge is 0.310 e. The second-order valence-electron chi connectivity index (χ2n) is 5.35. The van der Waals surface area contributed by atoms with Crippen LogP contribution < -0.4 is 10.6 Å². The van der Waals surface area contributed by atoms with Gasteiger partial charge in [0.05, 0.1) is 12.0 Å². The first-order valence-corrected chi connectivity index (χ1v) is 6.35. The Morgan fingerprint density at radius 2 is 2.06 bits per heavy atom. The SMILES string of the molecule is CC(C)(CNC(=O)CN1CCCNCC1)C(=O)O. The number of amides is 1. The number of carboxylic acid groups (broad SMARTS) is 1. The lowest BCUT2D eigenvalue weighted by molar-refractivity contribution is -0.146. The number of hydrogen-bond donors (Lipinski definition) is 3. The summed E-state index contributed by atoms with van der Waals surface area (Å²) in [6.45, 7) is 7.36. The Hall–Kier alpha value is -1.14. The zero-order chi connectivity index (χ0) is 13.6. The van der Waals surface area contributed by atoms with Gasteiger partial charge in [-0.3, -0.25) is 14.5 Å². The van der Waals surface area contributed by atoms with Gasteiger partial charge >= 0.3 is 5.97 Å². The highest BCUT2D eigenvalue weighted by atomic mass is 16.4. The van der Waals surface area contributed by atoms with E-state index in [1.807, 2.05) is 0 Å².